The summed E-state index contributed by atoms with van der Waals surface area (Å²) in [6, 6.07) is 7.86. The number of amides is 3. The number of carbonyl (C=O) groups is 4. The van der Waals surface area contributed by atoms with Crippen molar-refractivity contribution < 1.29 is 23.9 Å². The lowest BCUT2D eigenvalue weighted by atomic mass is 10.1. The van der Waals surface area contributed by atoms with Gasteiger partial charge in [-0.15, -0.1) is 0 Å². The first-order chi connectivity index (χ1) is 15.6. The Morgan fingerprint density at radius 1 is 1.12 bits per heavy atom. The van der Waals surface area contributed by atoms with Crippen LogP contribution in [0.25, 0.3) is 0 Å². The highest BCUT2D eigenvalue weighted by molar-refractivity contribution is 9.10. The molecule has 174 valence electrons. The van der Waals surface area contributed by atoms with Crippen LogP contribution in [0, 0.1) is 19.8 Å². The van der Waals surface area contributed by atoms with Gasteiger partial charge in [-0.2, -0.15) is 0 Å². The second-order valence-corrected chi connectivity index (χ2v) is 9.14. The summed E-state index contributed by atoms with van der Waals surface area (Å²) < 4.78 is 6.01. The van der Waals surface area contributed by atoms with Crippen LogP contribution in [0.4, 0.5) is 5.69 Å². The van der Waals surface area contributed by atoms with Gasteiger partial charge in [0, 0.05) is 22.1 Å². The number of carbonyl (C=O) groups excluding carboxylic acids is 4. The molecular weight excluding hydrogens is 537 g/mol. The maximum absolute atomic E-state index is 12.4. The van der Waals surface area contributed by atoms with E-state index in [2.05, 4.69) is 26.7 Å². The standard InChI is InChI=1S/C22H20BrCl2N3O5/c1-11-12(2)18(6-4-15(11)23)26-19(29)10-33-22(32)14-8-20(30)28(9-14)27-21(31)13-3-5-16(24)17(25)7-13/h3-7,14H,8-10H2,1-2H3,(H,26,29)(H,27,31)/t14-/m1/s1. The van der Waals surface area contributed by atoms with Crippen molar-refractivity contribution in [3.8, 4) is 0 Å². The number of hydrazine groups is 1. The van der Waals surface area contributed by atoms with Crippen molar-refractivity contribution in [1.29, 1.82) is 0 Å². The molecule has 3 amide bonds. The number of anilines is 1. The summed E-state index contributed by atoms with van der Waals surface area (Å²) in [5.41, 5.74) is 5.14. The van der Waals surface area contributed by atoms with E-state index >= 15 is 0 Å². The summed E-state index contributed by atoms with van der Waals surface area (Å²) >= 11 is 15.2. The Hall–Kier alpha value is -2.62. The zero-order chi connectivity index (χ0) is 24.3. The molecule has 0 unspecified atom stereocenters. The lowest BCUT2D eigenvalue weighted by Gasteiger charge is -2.17. The first kappa shape index (κ1) is 25.0. The Balaban J connectivity index is 1.51. The minimum Gasteiger partial charge on any atom is -0.455 e. The molecule has 2 aromatic carbocycles. The van der Waals surface area contributed by atoms with E-state index in [4.69, 9.17) is 27.9 Å². The van der Waals surface area contributed by atoms with Gasteiger partial charge >= 0.3 is 5.97 Å². The highest BCUT2D eigenvalue weighted by atomic mass is 79.9. The molecule has 8 nitrogen and oxygen atoms in total. The third-order valence-corrected chi connectivity index (χ3v) is 6.82. The van der Waals surface area contributed by atoms with Crippen molar-refractivity contribution in [2.24, 2.45) is 5.92 Å². The van der Waals surface area contributed by atoms with Crippen molar-refractivity contribution in [2.45, 2.75) is 20.3 Å². The van der Waals surface area contributed by atoms with E-state index in [9.17, 15) is 19.2 Å². The van der Waals surface area contributed by atoms with Crippen LogP contribution in [0.1, 0.15) is 27.9 Å². The summed E-state index contributed by atoms with van der Waals surface area (Å²) in [5, 5.41) is 4.24. The fourth-order valence-electron chi connectivity index (χ4n) is 3.16. The second-order valence-electron chi connectivity index (χ2n) is 7.48. The molecule has 2 aromatic rings. The number of hydrogen-bond donors (Lipinski definition) is 2. The molecule has 11 heteroatoms. The van der Waals surface area contributed by atoms with Crippen molar-refractivity contribution in [1.82, 2.24) is 10.4 Å². The number of nitrogens with one attached hydrogen (secondary N) is 2. The first-order valence-corrected chi connectivity index (χ1v) is 11.4. The fourth-order valence-corrected chi connectivity index (χ4v) is 3.89. The SMILES string of the molecule is Cc1c(Br)ccc(NC(=O)COC(=O)[C@@H]2CC(=O)N(NC(=O)c3ccc(Cl)c(Cl)c3)C2)c1C. The first-order valence-electron chi connectivity index (χ1n) is 9.85. The maximum atomic E-state index is 12.4. The van der Waals surface area contributed by atoms with Gasteiger partial charge in [-0.25, -0.2) is 0 Å². The van der Waals surface area contributed by atoms with E-state index in [1.165, 1.54) is 18.2 Å². The zero-order valence-corrected chi connectivity index (χ0v) is 20.8. The smallest absolute Gasteiger partial charge is 0.311 e. The third-order valence-electron chi connectivity index (χ3n) is 5.22. The molecule has 1 aliphatic rings. The van der Waals surface area contributed by atoms with Crippen molar-refractivity contribution in [3.05, 3.63) is 61.5 Å². The number of halogens is 3. The average molecular weight is 557 g/mol. The predicted molar refractivity (Wildman–Crippen MR) is 127 cm³/mol. The van der Waals surface area contributed by atoms with E-state index in [-0.39, 0.29) is 23.6 Å². The van der Waals surface area contributed by atoms with Crippen LogP contribution >= 0.6 is 39.1 Å². The van der Waals surface area contributed by atoms with Gasteiger partial charge in [0.2, 0.25) is 5.91 Å². The van der Waals surface area contributed by atoms with E-state index in [0.29, 0.717) is 10.7 Å². The number of benzene rings is 2. The molecule has 33 heavy (non-hydrogen) atoms. The summed E-state index contributed by atoms with van der Waals surface area (Å²) in [4.78, 5) is 49.2. The highest BCUT2D eigenvalue weighted by Crippen LogP contribution is 2.26. The van der Waals surface area contributed by atoms with Crippen LogP contribution in [0.5, 0.6) is 0 Å². The number of nitrogens with zero attached hydrogens (tertiary/aromatic N) is 1. The molecule has 0 bridgehead atoms. The van der Waals surface area contributed by atoms with Gasteiger partial charge in [0.1, 0.15) is 0 Å². The number of rotatable bonds is 6. The van der Waals surface area contributed by atoms with Crippen LogP contribution in [-0.2, 0) is 19.1 Å². The maximum Gasteiger partial charge on any atom is 0.311 e. The van der Waals surface area contributed by atoms with Crippen LogP contribution in [0.15, 0.2) is 34.8 Å². The van der Waals surface area contributed by atoms with Gasteiger partial charge < -0.3 is 10.1 Å². The summed E-state index contributed by atoms with van der Waals surface area (Å²) in [6.45, 7) is 3.22. The van der Waals surface area contributed by atoms with Gasteiger partial charge in [-0.1, -0.05) is 39.1 Å². The van der Waals surface area contributed by atoms with Crippen LogP contribution < -0.4 is 10.7 Å². The van der Waals surface area contributed by atoms with Gasteiger partial charge in [0.25, 0.3) is 11.8 Å². The molecule has 1 fully saturated rings. The lowest BCUT2D eigenvalue weighted by Crippen LogP contribution is -2.43. The van der Waals surface area contributed by atoms with Gasteiger partial charge in [0.15, 0.2) is 6.61 Å². The molecule has 3 rings (SSSR count). The van der Waals surface area contributed by atoms with E-state index in [0.717, 1.165) is 20.6 Å². The molecule has 0 aliphatic carbocycles. The molecule has 2 N–H and O–H groups in total. The molecule has 1 heterocycles. The van der Waals surface area contributed by atoms with Gasteiger partial charge in [-0.05, 0) is 55.3 Å². The molecule has 0 spiro atoms. The largest absolute Gasteiger partial charge is 0.455 e. The minimum atomic E-state index is -0.809. The van der Waals surface area contributed by atoms with E-state index < -0.39 is 36.2 Å². The van der Waals surface area contributed by atoms with Gasteiger partial charge in [0.05, 0.1) is 22.5 Å². The fraction of sp³-hybridized carbons (Fsp3) is 0.273. The van der Waals surface area contributed by atoms with Crippen molar-refractivity contribution in [2.75, 3.05) is 18.5 Å². The summed E-state index contributed by atoms with van der Waals surface area (Å²) in [6.07, 6.45) is -0.146. The third kappa shape index (κ3) is 6.04. The molecule has 1 atom stereocenters. The minimum absolute atomic E-state index is 0.0721. The monoisotopic (exact) mass is 555 g/mol. The summed E-state index contributed by atoms with van der Waals surface area (Å²) in [5.74, 6) is -3.03. The topological polar surface area (TPSA) is 105 Å². The van der Waals surface area contributed by atoms with E-state index in [1.54, 1.807) is 6.07 Å². The number of ether oxygens (including phenoxy) is 1. The Morgan fingerprint density at radius 2 is 1.85 bits per heavy atom. The number of esters is 1. The predicted octanol–water partition coefficient (Wildman–Crippen LogP) is 4.05. The summed E-state index contributed by atoms with van der Waals surface area (Å²) in [7, 11) is 0. The normalized spacial score (nSPS) is 15.4. The second kappa shape index (κ2) is 10.5. The lowest BCUT2D eigenvalue weighted by molar-refractivity contribution is -0.151. The Labute approximate surface area is 208 Å². The van der Waals surface area contributed by atoms with Gasteiger partial charge in [-0.3, -0.25) is 29.6 Å². The Bertz CT molecular complexity index is 1140. The molecule has 0 aromatic heterocycles. The molecule has 0 saturated carbocycles. The highest BCUT2D eigenvalue weighted by Gasteiger charge is 2.36. The quantitative estimate of drug-likeness (QED) is 0.522. The van der Waals surface area contributed by atoms with Crippen LogP contribution in [0.3, 0.4) is 0 Å². The zero-order valence-electron chi connectivity index (χ0n) is 17.7. The van der Waals surface area contributed by atoms with Crippen LogP contribution in [-0.4, -0.2) is 41.9 Å². The van der Waals surface area contributed by atoms with E-state index in [1.807, 2.05) is 19.9 Å². The van der Waals surface area contributed by atoms with Crippen LogP contribution in [0.2, 0.25) is 10.0 Å². The molecule has 1 saturated heterocycles. The number of hydrogen-bond acceptors (Lipinski definition) is 5. The van der Waals surface area contributed by atoms with Crippen molar-refractivity contribution >= 4 is 68.5 Å². The molecular formula is C22H20BrCl2N3O5. The molecule has 0 radical (unpaired) electrons. The van der Waals surface area contributed by atoms with Crippen molar-refractivity contribution in [3.63, 3.8) is 0 Å². The molecule has 1 aliphatic heterocycles. The Morgan fingerprint density at radius 3 is 2.55 bits per heavy atom. The average Bonchev–Trinajstić information content (AvgIpc) is 3.14. The Kier molecular flexibility index (Phi) is 7.99.